The van der Waals surface area contributed by atoms with Crippen LogP contribution >= 0.6 is 0 Å². The predicted molar refractivity (Wildman–Crippen MR) is 133 cm³/mol. The average Bonchev–Trinajstić information content (AvgIpc) is 3.38. The van der Waals surface area contributed by atoms with Crippen molar-refractivity contribution in [2.24, 2.45) is 5.73 Å². The van der Waals surface area contributed by atoms with Gasteiger partial charge in [-0.25, -0.2) is 18.1 Å². The molecular weight excluding hydrogens is 466 g/mol. The molecule has 2 aromatic heterocycles. The van der Waals surface area contributed by atoms with Crippen LogP contribution in [-0.4, -0.2) is 46.5 Å². The van der Waals surface area contributed by atoms with Crippen molar-refractivity contribution in [1.82, 2.24) is 14.8 Å². The molecule has 178 valence electrons. The second-order valence-corrected chi connectivity index (χ2v) is 10.8. The monoisotopic (exact) mass is 489 g/mol. The smallest absolute Gasteiger partial charge is 0.256 e. The van der Waals surface area contributed by atoms with E-state index < -0.39 is 15.7 Å². The van der Waals surface area contributed by atoms with Crippen LogP contribution in [0.15, 0.2) is 60.7 Å². The van der Waals surface area contributed by atoms with Crippen molar-refractivity contribution in [3.63, 3.8) is 0 Å². The average molecular weight is 490 g/mol. The third-order valence-electron chi connectivity index (χ3n) is 6.13. The number of anilines is 1. The van der Waals surface area contributed by atoms with E-state index >= 15 is 0 Å². The van der Waals surface area contributed by atoms with Gasteiger partial charge in [-0.2, -0.15) is 5.10 Å². The highest BCUT2D eigenvalue weighted by atomic mass is 32.2. The van der Waals surface area contributed by atoms with Crippen molar-refractivity contribution < 1.29 is 18.0 Å². The lowest BCUT2D eigenvalue weighted by atomic mass is 10.0. The highest BCUT2D eigenvalue weighted by molar-refractivity contribution is 7.91. The van der Waals surface area contributed by atoms with Gasteiger partial charge in [0.1, 0.15) is 0 Å². The molecule has 1 aliphatic heterocycles. The lowest BCUT2D eigenvalue weighted by Crippen LogP contribution is -2.15. The summed E-state index contributed by atoms with van der Waals surface area (Å²) in [5.41, 5.74) is 8.96. The summed E-state index contributed by atoms with van der Waals surface area (Å²) < 4.78 is 25.9. The highest BCUT2D eigenvalue weighted by Crippen LogP contribution is 2.32. The first-order valence-corrected chi connectivity index (χ1v) is 12.9. The van der Waals surface area contributed by atoms with Crippen molar-refractivity contribution in [1.29, 1.82) is 0 Å². The summed E-state index contributed by atoms with van der Waals surface area (Å²) in [6.45, 7) is 1.78. The zero-order chi connectivity index (χ0) is 24.7. The van der Waals surface area contributed by atoms with Crippen LogP contribution in [0.25, 0.3) is 22.3 Å². The maximum atomic E-state index is 13.5. The second-order valence-electron chi connectivity index (χ2n) is 8.60. The van der Waals surface area contributed by atoms with Crippen molar-refractivity contribution in [2.75, 3.05) is 16.8 Å². The maximum absolute atomic E-state index is 13.5. The normalized spacial score (nSPS) is 16.9. The van der Waals surface area contributed by atoms with Gasteiger partial charge in [-0.15, -0.1) is 0 Å². The number of hydrogen-bond donors (Lipinski definition) is 2. The van der Waals surface area contributed by atoms with Crippen molar-refractivity contribution >= 4 is 38.4 Å². The van der Waals surface area contributed by atoms with E-state index in [0.717, 1.165) is 5.56 Å². The number of fused-ring (bicyclic) bond motifs is 1. The standard InChI is InChI=1S/C25H23N5O4S/c1-15-22-20(25(32)27-18-9-7-17(8-10-18)23(26)31)13-21(16-5-3-2-4-6-16)28-24(22)30(29-15)19-11-12-35(33,34)14-19/h2-10,13,19H,11-12,14H2,1H3,(H2,26,31)(H,27,32)/t19-/m1/s1. The predicted octanol–water partition coefficient (Wildman–Crippen LogP) is 3.12. The Balaban J connectivity index is 1.63. The molecule has 1 fully saturated rings. The zero-order valence-corrected chi connectivity index (χ0v) is 19.7. The minimum Gasteiger partial charge on any atom is -0.366 e. The van der Waals surface area contributed by atoms with Crippen LogP contribution in [0.1, 0.15) is 38.9 Å². The third kappa shape index (κ3) is 4.40. The van der Waals surface area contributed by atoms with E-state index in [1.54, 1.807) is 41.9 Å². The molecular formula is C25H23N5O4S. The first kappa shape index (κ1) is 22.7. The maximum Gasteiger partial charge on any atom is 0.256 e. The fourth-order valence-corrected chi connectivity index (χ4v) is 6.08. The number of aryl methyl sites for hydroxylation is 1. The summed E-state index contributed by atoms with van der Waals surface area (Å²) in [5, 5.41) is 8.04. The van der Waals surface area contributed by atoms with Crippen LogP contribution in [0, 0.1) is 6.92 Å². The van der Waals surface area contributed by atoms with Gasteiger partial charge in [0.05, 0.1) is 39.9 Å². The van der Waals surface area contributed by atoms with Crippen LogP contribution in [0.5, 0.6) is 0 Å². The van der Waals surface area contributed by atoms with Gasteiger partial charge in [-0.1, -0.05) is 30.3 Å². The van der Waals surface area contributed by atoms with Gasteiger partial charge >= 0.3 is 0 Å². The molecule has 2 amide bonds. The second kappa shape index (κ2) is 8.62. The number of benzene rings is 2. The molecule has 4 aromatic rings. The topological polar surface area (TPSA) is 137 Å². The summed E-state index contributed by atoms with van der Waals surface area (Å²) >= 11 is 0. The number of pyridine rings is 1. The summed E-state index contributed by atoms with van der Waals surface area (Å²) in [5.74, 6) is -0.828. The van der Waals surface area contributed by atoms with E-state index in [9.17, 15) is 18.0 Å². The van der Waals surface area contributed by atoms with Crippen LogP contribution in [0.2, 0.25) is 0 Å². The molecule has 1 saturated heterocycles. The third-order valence-corrected chi connectivity index (χ3v) is 7.88. The fourth-order valence-electron chi connectivity index (χ4n) is 4.39. The van der Waals surface area contributed by atoms with E-state index in [-0.39, 0.29) is 23.5 Å². The van der Waals surface area contributed by atoms with E-state index in [1.807, 2.05) is 30.3 Å². The van der Waals surface area contributed by atoms with Gasteiger partial charge in [0.15, 0.2) is 15.5 Å². The fraction of sp³-hybridized carbons (Fsp3) is 0.200. The Bertz CT molecular complexity index is 1560. The molecule has 9 nitrogen and oxygen atoms in total. The number of rotatable bonds is 5. The minimum absolute atomic E-state index is 0.00575. The molecule has 35 heavy (non-hydrogen) atoms. The van der Waals surface area contributed by atoms with Gasteiger partial charge < -0.3 is 11.1 Å². The van der Waals surface area contributed by atoms with Crippen LogP contribution in [-0.2, 0) is 9.84 Å². The molecule has 1 atom stereocenters. The van der Waals surface area contributed by atoms with Gasteiger partial charge in [0, 0.05) is 16.8 Å². The molecule has 0 aliphatic carbocycles. The summed E-state index contributed by atoms with van der Waals surface area (Å²) in [4.78, 5) is 29.6. The van der Waals surface area contributed by atoms with Crippen LogP contribution < -0.4 is 11.1 Å². The first-order valence-electron chi connectivity index (χ1n) is 11.1. The van der Waals surface area contributed by atoms with Gasteiger partial charge in [-0.3, -0.25) is 9.59 Å². The molecule has 0 unspecified atom stereocenters. The molecule has 3 heterocycles. The summed E-state index contributed by atoms with van der Waals surface area (Å²) in [7, 11) is -3.14. The molecule has 5 rings (SSSR count). The Morgan fingerprint density at radius 2 is 1.80 bits per heavy atom. The van der Waals surface area contributed by atoms with Crippen LogP contribution in [0.4, 0.5) is 5.69 Å². The molecule has 0 bridgehead atoms. The summed E-state index contributed by atoms with van der Waals surface area (Å²) in [6, 6.07) is 17.1. The minimum atomic E-state index is -3.14. The first-order chi connectivity index (χ1) is 16.7. The van der Waals surface area contributed by atoms with Gasteiger partial charge in [0.2, 0.25) is 5.91 Å². The zero-order valence-electron chi connectivity index (χ0n) is 18.9. The van der Waals surface area contributed by atoms with E-state index in [1.165, 1.54) is 0 Å². The lowest BCUT2D eigenvalue weighted by molar-refractivity contribution is 0.0998. The van der Waals surface area contributed by atoms with Crippen molar-refractivity contribution in [2.45, 2.75) is 19.4 Å². The van der Waals surface area contributed by atoms with Gasteiger partial charge in [0.25, 0.3) is 5.91 Å². The van der Waals surface area contributed by atoms with E-state index in [2.05, 4.69) is 10.4 Å². The molecule has 0 radical (unpaired) electrons. The number of amides is 2. The Morgan fingerprint density at radius 1 is 1.09 bits per heavy atom. The molecule has 1 aliphatic rings. The lowest BCUT2D eigenvalue weighted by Gasteiger charge is -2.12. The largest absolute Gasteiger partial charge is 0.366 e. The Kier molecular flexibility index (Phi) is 5.60. The molecule has 3 N–H and O–H groups in total. The number of carbonyl (C=O) groups is 2. The Hall–Kier alpha value is -4.05. The number of nitrogens with one attached hydrogen (secondary N) is 1. The highest BCUT2D eigenvalue weighted by Gasteiger charge is 2.32. The summed E-state index contributed by atoms with van der Waals surface area (Å²) in [6.07, 6.45) is 0.448. The van der Waals surface area contributed by atoms with Gasteiger partial charge in [-0.05, 0) is 43.7 Å². The number of primary amides is 1. The number of nitrogens with zero attached hydrogens (tertiary/aromatic N) is 3. The number of sulfone groups is 1. The molecule has 0 spiro atoms. The van der Waals surface area contributed by atoms with Crippen molar-refractivity contribution in [3.05, 3.63) is 77.5 Å². The van der Waals surface area contributed by atoms with E-state index in [4.69, 9.17) is 10.7 Å². The molecule has 10 heteroatoms. The Labute approximate surface area is 201 Å². The number of aromatic nitrogens is 3. The van der Waals surface area contributed by atoms with Crippen LogP contribution in [0.3, 0.4) is 0 Å². The SMILES string of the molecule is Cc1nn([C@@H]2CCS(=O)(=O)C2)c2nc(-c3ccccc3)cc(C(=O)Nc3ccc(C(N)=O)cc3)c12. The van der Waals surface area contributed by atoms with E-state index in [0.29, 0.717) is 45.7 Å². The molecule has 2 aromatic carbocycles. The number of carbonyl (C=O) groups excluding carboxylic acids is 2. The quantitative estimate of drug-likeness (QED) is 0.442. The van der Waals surface area contributed by atoms with Crippen molar-refractivity contribution in [3.8, 4) is 11.3 Å². The number of nitrogens with two attached hydrogens (primary N) is 1. The molecule has 0 saturated carbocycles. The Morgan fingerprint density at radius 3 is 2.43 bits per heavy atom. The number of hydrogen-bond acceptors (Lipinski definition) is 6.